The molecule has 2 N–H and O–H groups in total. The molecule has 1 aromatic rings. The van der Waals surface area contributed by atoms with Gasteiger partial charge in [0.15, 0.2) is 0 Å². The van der Waals surface area contributed by atoms with Gasteiger partial charge in [0.05, 0.1) is 0 Å². The Morgan fingerprint density at radius 2 is 2.26 bits per heavy atom. The van der Waals surface area contributed by atoms with Gasteiger partial charge in [0.2, 0.25) is 0 Å². The number of hydrogen-bond donors (Lipinski definition) is 1. The normalized spacial score (nSPS) is 22.2. The fraction of sp³-hybridized carbons (Fsp3) is 0.600. The van der Waals surface area contributed by atoms with Crippen LogP contribution in [0.5, 0.6) is 5.75 Å². The van der Waals surface area contributed by atoms with Crippen LogP contribution in [0.4, 0.5) is 4.39 Å². The van der Waals surface area contributed by atoms with Crippen LogP contribution < -0.4 is 10.5 Å². The Morgan fingerprint density at radius 1 is 1.47 bits per heavy atom. The van der Waals surface area contributed by atoms with Crippen molar-refractivity contribution in [3.05, 3.63) is 29.6 Å². The van der Waals surface area contributed by atoms with Crippen molar-refractivity contribution in [3.8, 4) is 5.75 Å². The molecule has 3 nitrogen and oxygen atoms in total. The zero-order chi connectivity index (χ0) is 13.8. The quantitative estimate of drug-likeness (QED) is 0.910. The van der Waals surface area contributed by atoms with Crippen molar-refractivity contribution in [3.63, 3.8) is 0 Å². The van der Waals surface area contributed by atoms with Gasteiger partial charge in [-0.25, -0.2) is 4.39 Å². The molecule has 2 atom stereocenters. The highest BCUT2D eigenvalue weighted by molar-refractivity contribution is 5.36. The second kappa shape index (κ2) is 6.35. The van der Waals surface area contributed by atoms with Crippen LogP contribution in [-0.2, 0) is 0 Å². The van der Waals surface area contributed by atoms with Gasteiger partial charge in [-0.05, 0) is 45.5 Å². The van der Waals surface area contributed by atoms with Crippen LogP contribution in [0.15, 0.2) is 18.2 Å². The fourth-order valence-corrected chi connectivity index (χ4v) is 2.63. The van der Waals surface area contributed by atoms with E-state index in [1.165, 1.54) is 18.9 Å². The zero-order valence-corrected chi connectivity index (χ0v) is 11.7. The van der Waals surface area contributed by atoms with E-state index in [9.17, 15) is 4.39 Å². The molecule has 0 spiro atoms. The molecule has 0 radical (unpaired) electrons. The molecular weight excluding hydrogens is 243 g/mol. The molecule has 1 aromatic carbocycles. The summed E-state index contributed by atoms with van der Waals surface area (Å²) in [6.07, 6.45) is 3.62. The van der Waals surface area contributed by atoms with Gasteiger partial charge in [0, 0.05) is 17.6 Å². The lowest BCUT2D eigenvalue weighted by Crippen LogP contribution is -2.40. The first-order valence-corrected chi connectivity index (χ1v) is 6.96. The summed E-state index contributed by atoms with van der Waals surface area (Å²) in [5, 5.41) is 0. The maximum Gasteiger partial charge on any atom is 0.131 e. The molecule has 1 aliphatic rings. The molecule has 1 unspecified atom stereocenters. The number of nitrogens with two attached hydrogens (primary N) is 1. The van der Waals surface area contributed by atoms with Crippen LogP contribution in [0.2, 0.25) is 0 Å². The number of rotatable bonds is 4. The third-order valence-corrected chi connectivity index (χ3v) is 3.82. The Kier molecular flexibility index (Phi) is 4.77. The van der Waals surface area contributed by atoms with Crippen molar-refractivity contribution < 1.29 is 9.13 Å². The van der Waals surface area contributed by atoms with E-state index in [4.69, 9.17) is 10.5 Å². The lowest BCUT2D eigenvalue weighted by atomic mass is 10.0. The Bertz CT molecular complexity index is 423. The zero-order valence-electron chi connectivity index (χ0n) is 11.7. The Morgan fingerprint density at radius 3 is 2.95 bits per heavy atom. The number of piperidine rings is 1. The van der Waals surface area contributed by atoms with E-state index in [1.54, 1.807) is 19.1 Å². The average Bonchev–Trinajstić information content (AvgIpc) is 2.37. The lowest BCUT2D eigenvalue weighted by molar-refractivity contribution is 0.124. The molecule has 1 heterocycles. The molecule has 0 aliphatic carbocycles. The van der Waals surface area contributed by atoms with E-state index < -0.39 is 0 Å². The highest BCUT2D eigenvalue weighted by Crippen LogP contribution is 2.27. The SMILES string of the molecule is C[C@@H](N)c1c(F)cccc1OCC1CCCCN1C. The van der Waals surface area contributed by atoms with Crippen molar-refractivity contribution in [2.45, 2.75) is 38.3 Å². The molecule has 2 rings (SSSR count). The Labute approximate surface area is 114 Å². The minimum absolute atomic E-state index is 0.288. The smallest absolute Gasteiger partial charge is 0.131 e. The number of ether oxygens (including phenoxy) is 1. The van der Waals surface area contributed by atoms with Crippen molar-refractivity contribution in [1.82, 2.24) is 4.90 Å². The van der Waals surface area contributed by atoms with E-state index in [0.29, 0.717) is 24.0 Å². The fourth-order valence-electron chi connectivity index (χ4n) is 2.63. The van der Waals surface area contributed by atoms with Crippen molar-refractivity contribution in [2.75, 3.05) is 20.2 Å². The predicted octanol–water partition coefficient (Wildman–Crippen LogP) is 2.71. The van der Waals surface area contributed by atoms with Gasteiger partial charge >= 0.3 is 0 Å². The van der Waals surface area contributed by atoms with Gasteiger partial charge in [0.25, 0.3) is 0 Å². The minimum Gasteiger partial charge on any atom is -0.492 e. The topological polar surface area (TPSA) is 38.5 Å². The van der Waals surface area contributed by atoms with Gasteiger partial charge in [0.1, 0.15) is 18.2 Å². The summed E-state index contributed by atoms with van der Waals surface area (Å²) in [5.74, 6) is 0.290. The number of likely N-dealkylation sites (N-methyl/N-ethyl adjacent to an activating group) is 1. The molecule has 1 fully saturated rings. The van der Waals surface area contributed by atoms with Crippen LogP contribution in [-0.4, -0.2) is 31.1 Å². The monoisotopic (exact) mass is 266 g/mol. The summed E-state index contributed by atoms with van der Waals surface area (Å²) in [6.45, 7) is 3.48. The van der Waals surface area contributed by atoms with Crippen LogP contribution in [0.3, 0.4) is 0 Å². The summed E-state index contributed by atoms with van der Waals surface area (Å²) in [6, 6.07) is 4.95. The molecule has 0 bridgehead atoms. The van der Waals surface area contributed by atoms with E-state index in [1.807, 2.05) is 0 Å². The predicted molar refractivity (Wildman–Crippen MR) is 74.8 cm³/mol. The first kappa shape index (κ1) is 14.3. The van der Waals surface area contributed by atoms with Crippen molar-refractivity contribution in [1.29, 1.82) is 0 Å². The highest BCUT2D eigenvalue weighted by Gasteiger charge is 2.21. The van der Waals surface area contributed by atoms with Crippen LogP contribution >= 0.6 is 0 Å². The second-order valence-electron chi connectivity index (χ2n) is 5.38. The summed E-state index contributed by atoms with van der Waals surface area (Å²) in [7, 11) is 2.12. The number of nitrogens with zero attached hydrogens (tertiary/aromatic N) is 1. The van der Waals surface area contributed by atoms with Crippen LogP contribution in [0.1, 0.15) is 37.8 Å². The first-order valence-electron chi connectivity index (χ1n) is 6.96. The van der Waals surface area contributed by atoms with Gasteiger partial charge in [-0.15, -0.1) is 0 Å². The third-order valence-electron chi connectivity index (χ3n) is 3.82. The Balaban J connectivity index is 2.05. The summed E-state index contributed by atoms with van der Waals surface area (Å²) in [4.78, 5) is 2.31. The molecule has 0 saturated carbocycles. The van der Waals surface area contributed by atoms with Gasteiger partial charge in [-0.3, -0.25) is 0 Å². The van der Waals surface area contributed by atoms with E-state index in [0.717, 1.165) is 13.0 Å². The molecule has 1 saturated heterocycles. The van der Waals surface area contributed by atoms with E-state index in [2.05, 4.69) is 11.9 Å². The number of benzene rings is 1. The molecule has 1 aliphatic heterocycles. The van der Waals surface area contributed by atoms with Crippen molar-refractivity contribution >= 4 is 0 Å². The average molecular weight is 266 g/mol. The Hall–Kier alpha value is -1.13. The van der Waals surface area contributed by atoms with Gasteiger partial charge in [-0.2, -0.15) is 0 Å². The molecule has 106 valence electrons. The van der Waals surface area contributed by atoms with E-state index in [-0.39, 0.29) is 11.9 Å². The van der Waals surface area contributed by atoms with E-state index >= 15 is 0 Å². The van der Waals surface area contributed by atoms with Crippen molar-refractivity contribution in [2.24, 2.45) is 5.73 Å². The summed E-state index contributed by atoms with van der Waals surface area (Å²) in [5.41, 5.74) is 6.29. The largest absolute Gasteiger partial charge is 0.492 e. The second-order valence-corrected chi connectivity index (χ2v) is 5.38. The molecule has 0 amide bonds. The minimum atomic E-state index is -0.361. The third kappa shape index (κ3) is 3.45. The number of halogens is 1. The van der Waals surface area contributed by atoms with Crippen LogP contribution in [0, 0.1) is 5.82 Å². The highest BCUT2D eigenvalue weighted by atomic mass is 19.1. The standard InChI is InChI=1S/C15H23FN2O/c1-11(17)15-13(16)7-5-8-14(15)19-10-12-6-3-4-9-18(12)2/h5,7-8,11-12H,3-4,6,9-10,17H2,1-2H3/t11-,12?/m1/s1. The number of hydrogen-bond acceptors (Lipinski definition) is 3. The van der Waals surface area contributed by atoms with Gasteiger partial charge < -0.3 is 15.4 Å². The molecular formula is C15H23FN2O. The first-order chi connectivity index (χ1) is 9.09. The molecule has 0 aromatic heterocycles. The van der Waals surface area contributed by atoms with Crippen LogP contribution in [0.25, 0.3) is 0 Å². The summed E-state index contributed by atoms with van der Waals surface area (Å²) >= 11 is 0. The maximum atomic E-state index is 13.8. The number of likely N-dealkylation sites (tertiary alicyclic amines) is 1. The molecule has 4 heteroatoms. The molecule has 19 heavy (non-hydrogen) atoms. The lowest BCUT2D eigenvalue weighted by Gasteiger charge is -2.32. The summed E-state index contributed by atoms with van der Waals surface area (Å²) < 4.78 is 19.6. The maximum absolute atomic E-state index is 13.8. The van der Waals surface area contributed by atoms with Gasteiger partial charge in [-0.1, -0.05) is 12.5 Å².